The third-order valence-corrected chi connectivity index (χ3v) is 6.47. The van der Waals surface area contributed by atoms with Crippen molar-refractivity contribution >= 4 is 21.8 Å². The van der Waals surface area contributed by atoms with E-state index in [4.69, 9.17) is 9.47 Å². The molecule has 0 spiro atoms. The lowest BCUT2D eigenvalue weighted by Crippen LogP contribution is -2.50. The number of benzene rings is 1. The molecule has 0 radical (unpaired) electrons. The SMILES string of the molecule is CC(C)(C)NC(=O)CNC(=O)C1CCCN1S(=O)(=O)c1ccc2c(c1)OCCO2. The predicted octanol–water partition coefficient (Wildman–Crippen LogP) is 0.642. The fourth-order valence-electron chi connectivity index (χ4n) is 3.36. The second-order valence-corrected chi connectivity index (χ2v) is 9.99. The number of rotatable bonds is 5. The van der Waals surface area contributed by atoms with Crippen molar-refractivity contribution in [3.63, 3.8) is 0 Å². The normalized spacial score (nSPS) is 19.6. The van der Waals surface area contributed by atoms with Crippen LogP contribution < -0.4 is 20.1 Å². The molecule has 1 fully saturated rings. The minimum absolute atomic E-state index is 0.0481. The molecule has 0 bridgehead atoms. The van der Waals surface area contributed by atoms with Crippen LogP contribution in [-0.4, -0.2) is 62.4 Å². The third kappa shape index (κ3) is 4.99. The molecular weight excluding hydrogens is 398 g/mol. The second-order valence-electron chi connectivity index (χ2n) is 8.10. The first-order valence-corrected chi connectivity index (χ1v) is 11.0. The first kappa shape index (κ1) is 21.4. The summed E-state index contributed by atoms with van der Waals surface area (Å²) in [5, 5.41) is 5.30. The van der Waals surface area contributed by atoms with E-state index >= 15 is 0 Å². The van der Waals surface area contributed by atoms with Crippen LogP contribution in [0.15, 0.2) is 23.1 Å². The van der Waals surface area contributed by atoms with Crippen molar-refractivity contribution in [3.05, 3.63) is 18.2 Å². The molecule has 160 valence electrons. The summed E-state index contributed by atoms with van der Waals surface area (Å²) in [6.45, 7) is 6.31. The molecule has 1 aromatic rings. The molecule has 1 atom stereocenters. The van der Waals surface area contributed by atoms with Gasteiger partial charge >= 0.3 is 0 Å². The Labute approximate surface area is 170 Å². The van der Waals surface area contributed by atoms with Gasteiger partial charge in [0.05, 0.1) is 11.4 Å². The van der Waals surface area contributed by atoms with Crippen LogP contribution >= 0.6 is 0 Å². The molecule has 9 nitrogen and oxygen atoms in total. The topological polar surface area (TPSA) is 114 Å². The van der Waals surface area contributed by atoms with Crippen LogP contribution in [0.2, 0.25) is 0 Å². The Balaban J connectivity index is 1.70. The summed E-state index contributed by atoms with van der Waals surface area (Å²) >= 11 is 0. The van der Waals surface area contributed by atoms with Crippen LogP contribution in [0.3, 0.4) is 0 Å². The first-order chi connectivity index (χ1) is 13.6. The van der Waals surface area contributed by atoms with E-state index < -0.39 is 27.5 Å². The molecule has 2 amide bonds. The summed E-state index contributed by atoms with van der Waals surface area (Å²) < 4.78 is 38.4. The number of amides is 2. The number of fused-ring (bicyclic) bond motifs is 1. The summed E-state index contributed by atoms with van der Waals surface area (Å²) in [5.74, 6) is 0.0601. The van der Waals surface area contributed by atoms with E-state index in [2.05, 4.69) is 10.6 Å². The number of ether oxygens (including phenoxy) is 2. The van der Waals surface area contributed by atoms with Gasteiger partial charge in [0.15, 0.2) is 11.5 Å². The zero-order valence-electron chi connectivity index (χ0n) is 16.9. The van der Waals surface area contributed by atoms with Gasteiger partial charge in [0.1, 0.15) is 19.3 Å². The monoisotopic (exact) mass is 425 g/mol. The molecule has 0 aliphatic carbocycles. The fourth-order valence-corrected chi connectivity index (χ4v) is 5.03. The van der Waals surface area contributed by atoms with E-state index in [1.807, 2.05) is 20.8 Å². The van der Waals surface area contributed by atoms with Gasteiger partial charge in [-0.25, -0.2) is 8.42 Å². The van der Waals surface area contributed by atoms with Gasteiger partial charge in [-0.05, 0) is 45.7 Å². The summed E-state index contributed by atoms with van der Waals surface area (Å²) in [4.78, 5) is 24.6. The van der Waals surface area contributed by atoms with Gasteiger partial charge in [0.2, 0.25) is 21.8 Å². The van der Waals surface area contributed by atoms with Gasteiger partial charge in [0.25, 0.3) is 0 Å². The van der Waals surface area contributed by atoms with Crippen LogP contribution in [-0.2, 0) is 19.6 Å². The van der Waals surface area contributed by atoms with Crippen molar-refractivity contribution in [3.8, 4) is 11.5 Å². The molecule has 2 N–H and O–H groups in total. The van der Waals surface area contributed by atoms with Crippen LogP contribution in [0.25, 0.3) is 0 Å². The van der Waals surface area contributed by atoms with Crippen LogP contribution in [0.1, 0.15) is 33.6 Å². The first-order valence-electron chi connectivity index (χ1n) is 9.58. The number of carbonyl (C=O) groups excluding carboxylic acids is 2. The van der Waals surface area contributed by atoms with E-state index in [1.165, 1.54) is 16.4 Å². The molecule has 2 aliphatic heterocycles. The quantitative estimate of drug-likeness (QED) is 0.716. The summed E-state index contributed by atoms with van der Waals surface area (Å²) in [6.07, 6.45) is 0.965. The smallest absolute Gasteiger partial charge is 0.243 e. The van der Waals surface area contributed by atoms with Gasteiger partial charge in [-0.15, -0.1) is 0 Å². The molecule has 2 heterocycles. The summed E-state index contributed by atoms with van der Waals surface area (Å²) in [7, 11) is -3.90. The Bertz CT molecular complexity index is 894. The van der Waals surface area contributed by atoms with Gasteiger partial charge in [-0.3, -0.25) is 9.59 Å². The van der Waals surface area contributed by atoms with Crippen LogP contribution in [0.4, 0.5) is 0 Å². The van der Waals surface area contributed by atoms with Crippen molar-refractivity contribution < 1.29 is 27.5 Å². The van der Waals surface area contributed by atoms with Crippen LogP contribution in [0, 0.1) is 0 Å². The van der Waals surface area contributed by atoms with E-state index in [0.29, 0.717) is 37.6 Å². The molecule has 29 heavy (non-hydrogen) atoms. The van der Waals surface area contributed by atoms with Crippen molar-refractivity contribution in [2.75, 3.05) is 26.3 Å². The van der Waals surface area contributed by atoms with Crippen molar-refractivity contribution in [1.82, 2.24) is 14.9 Å². The molecular formula is C19H27N3O6S. The molecule has 1 saturated heterocycles. The van der Waals surface area contributed by atoms with Crippen molar-refractivity contribution in [2.24, 2.45) is 0 Å². The highest BCUT2D eigenvalue weighted by atomic mass is 32.2. The lowest BCUT2D eigenvalue weighted by atomic mass is 10.1. The molecule has 0 saturated carbocycles. The minimum Gasteiger partial charge on any atom is -0.486 e. The largest absolute Gasteiger partial charge is 0.486 e. The number of sulfonamides is 1. The highest BCUT2D eigenvalue weighted by Gasteiger charge is 2.40. The number of carbonyl (C=O) groups is 2. The Kier molecular flexibility index (Phi) is 6.04. The van der Waals surface area contributed by atoms with Gasteiger partial charge < -0.3 is 20.1 Å². The Morgan fingerprint density at radius 2 is 1.86 bits per heavy atom. The Hall–Kier alpha value is -2.33. The maximum Gasteiger partial charge on any atom is 0.243 e. The lowest BCUT2D eigenvalue weighted by molar-refractivity contribution is -0.128. The van der Waals surface area contributed by atoms with E-state index in [0.717, 1.165) is 0 Å². The Morgan fingerprint density at radius 1 is 1.17 bits per heavy atom. The average Bonchev–Trinajstić information content (AvgIpc) is 3.15. The number of nitrogens with one attached hydrogen (secondary N) is 2. The minimum atomic E-state index is -3.90. The molecule has 1 unspecified atom stereocenters. The molecule has 2 aliphatic rings. The zero-order chi connectivity index (χ0) is 21.2. The van der Waals surface area contributed by atoms with Gasteiger partial charge in [0, 0.05) is 18.2 Å². The molecule has 1 aromatic carbocycles. The number of nitrogens with zero attached hydrogens (tertiary/aromatic N) is 1. The summed E-state index contributed by atoms with van der Waals surface area (Å²) in [5.41, 5.74) is -0.414. The molecule has 10 heteroatoms. The molecule has 3 rings (SSSR count). The summed E-state index contributed by atoms with van der Waals surface area (Å²) in [6, 6.07) is 3.58. The predicted molar refractivity (Wildman–Crippen MR) is 105 cm³/mol. The average molecular weight is 426 g/mol. The maximum atomic E-state index is 13.1. The highest BCUT2D eigenvalue weighted by Crippen LogP contribution is 2.34. The fraction of sp³-hybridized carbons (Fsp3) is 0.579. The van der Waals surface area contributed by atoms with Gasteiger partial charge in [-0.1, -0.05) is 0 Å². The van der Waals surface area contributed by atoms with E-state index in [9.17, 15) is 18.0 Å². The van der Waals surface area contributed by atoms with Gasteiger partial charge in [-0.2, -0.15) is 4.31 Å². The van der Waals surface area contributed by atoms with Crippen LogP contribution in [0.5, 0.6) is 11.5 Å². The van der Waals surface area contributed by atoms with Crippen molar-refractivity contribution in [1.29, 1.82) is 0 Å². The number of hydrogen-bond acceptors (Lipinski definition) is 6. The van der Waals surface area contributed by atoms with E-state index in [1.54, 1.807) is 6.07 Å². The third-order valence-electron chi connectivity index (χ3n) is 4.56. The lowest BCUT2D eigenvalue weighted by Gasteiger charge is -2.25. The van der Waals surface area contributed by atoms with E-state index in [-0.39, 0.29) is 23.9 Å². The zero-order valence-corrected chi connectivity index (χ0v) is 17.7. The number of hydrogen-bond donors (Lipinski definition) is 2. The van der Waals surface area contributed by atoms with Crippen molar-refractivity contribution in [2.45, 2.75) is 50.1 Å². The highest BCUT2D eigenvalue weighted by molar-refractivity contribution is 7.89. The maximum absolute atomic E-state index is 13.1. The second kappa shape index (κ2) is 8.19. The Morgan fingerprint density at radius 3 is 2.55 bits per heavy atom. The molecule has 0 aromatic heterocycles. The standard InChI is InChI=1S/C19H27N3O6S/c1-19(2,3)21-17(23)12-20-18(24)14-5-4-8-22(14)29(25,26)13-6-7-15-16(11-13)28-10-9-27-15/h6-7,11,14H,4-5,8-10,12H2,1-3H3,(H,20,24)(H,21,23).